The Bertz CT molecular complexity index is 413. The second-order valence-corrected chi connectivity index (χ2v) is 5.76. The summed E-state index contributed by atoms with van der Waals surface area (Å²) in [4.78, 5) is 11.8. The van der Waals surface area contributed by atoms with Gasteiger partial charge < -0.3 is 15.2 Å². The van der Waals surface area contributed by atoms with E-state index in [1.54, 1.807) is 0 Å². The third-order valence-electron chi connectivity index (χ3n) is 4.08. The highest BCUT2D eigenvalue weighted by molar-refractivity contribution is 5.77. The third kappa shape index (κ3) is 5.86. The number of aliphatic hydroxyl groups excluding tert-OH is 1. The van der Waals surface area contributed by atoms with Crippen LogP contribution in [-0.2, 0) is 16.0 Å². The molecule has 0 saturated heterocycles. The van der Waals surface area contributed by atoms with Gasteiger partial charge in [0.15, 0.2) is 0 Å². The number of rotatable bonds is 7. The van der Waals surface area contributed by atoms with Crippen molar-refractivity contribution in [2.24, 2.45) is 5.92 Å². The Hall–Kier alpha value is -1.39. The van der Waals surface area contributed by atoms with Gasteiger partial charge in [0.2, 0.25) is 5.91 Å². The van der Waals surface area contributed by atoms with Crippen molar-refractivity contribution >= 4 is 5.91 Å². The lowest BCUT2D eigenvalue weighted by molar-refractivity contribution is -0.126. The van der Waals surface area contributed by atoms with Gasteiger partial charge in [-0.25, -0.2) is 0 Å². The van der Waals surface area contributed by atoms with Gasteiger partial charge in [-0.05, 0) is 43.6 Å². The fourth-order valence-electron chi connectivity index (χ4n) is 2.76. The highest BCUT2D eigenvalue weighted by atomic mass is 16.5. The average Bonchev–Trinajstić information content (AvgIpc) is 2.53. The van der Waals surface area contributed by atoms with Crippen molar-refractivity contribution < 1.29 is 14.6 Å². The molecule has 0 bridgehead atoms. The monoisotopic (exact) mass is 291 g/mol. The van der Waals surface area contributed by atoms with E-state index >= 15 is 0 Å². The Labute approximate surface area is 126 Å². The van der Waals surface area contributed by atoms with Gasteiger partial charge in [0.25, 0.3) is 0 Å². The Kier molecular flexibility index (Phi) is 6.70. The summed E-state index contributed by atoms with van der Waals surface area (Å²) in [6.07, 6.45) is 4.74. The standard InChI is InChI=1S/C17H25NO3/c19-12-15-6-8-16(9-7-15)18-17(20)13-21-11-10-14-4-2-1-3-5-14/h1-5,15-16,19H,6-13H2,(H,18,20). The van der Waals surface area contributed by atoms with Crippen molar-refractivity contribution in [2.45, 2.75) is 38.1 Å². The summed E-state index contributed by atoms with van der Waals surface area (Å²) in [6, 6.07) is 10.4. The Morgan fingerprint density at radius 1 is 1.19 bits per heavy atom. The summed E-state index contributed by atoms with van der Waals surface area (Å²) in [5.74, 6) is 0.385. The molecule has 116 valence electrons. The minimum Gasteiger partial charge on any atom is -0.396 e. The van der Waals surface area contributed by atoms with Gasteiger partial charge in [0, 0.05) is 12.6 Å². The first-order chi connectivity index (χ1) is 10.3. The normalized spacial score (nSPS) is 22.0. The lowest BCUT2D eigenvalue weighted by Gasteiger charge is -2.27. The molecule has 0 aliphatic heterocycles. The van der Waals surface area contributed by atoms with Crippen LogP contribution in [0.1, 0.15) is 31.2 Å². The number of carbonyl (C=O) groups excluding carboxylic acids is 1. The van der Waals surface area contributed by atoms with Crippen LogP contribution in [0.4, 0.5) is 0 Å². The summed E-state index contributed by atoms with van der Waals surface area (Å²) in [5, 5.41) is 12.1. The molecule has 0 spiro atoms. The molecule has 0 heterocycles. The second-order valence-electron chi connectivity index (χ2n) is 5.76. The number of aliphatic hydroxyl groups is 1. The predicted octanol–water partition coefficient (Wildman–Crippen LogP) is 1.91. The quantitative estimate of drug-likeness (QED) is 0.755. The Morgan fingerprint density at radius 3 is 2.57 bits per heavy atom. The Morgan fingerprint density at radius 2 is 1.90 bits per heavy atom. The maximum absolute atomic E-state index is 11.8. The maximum Gasteiger partial charge on any atom is 0.246 e. The van der Waals surface area contributed by atoms with E-state index in [4.69, 9.17) is 9.84 Å². The van der Waals surface area contributed by atoms with Crippen molar-refractivity contribution in [2.75, 3.05) is 19.8 Å². The first-order valence-electron chi connectivity index (χ1n) is 7.80. The molecule has 1 saturated carbocycles. The van der Waals surface area contributed by atoms with Crippen LogP contribution >= 0.6 is 0 Å². The third-order valence-corrected chi connectivity index (χ3v) is 4.08. The smallest absolute Gasteiger partial charge is 0.246 e. The molecule has 1 aliphatic rings. The minimum atomic E-state index is -0.0319. The first-order valence-corrected chi connectivity index (χ1v) is 7.80. The van der Waals surface area contributed by atoms with Crippen LogP contribution in [0.25, 0.3) is 0 Å². The molecule has 0 aromatic heterocycles. The number of carbonyl (C=O) groups is 1. The van der Waals surface area contributed by atoms with Gasteiger partial charge in [0.1, 0.15) is 6.61 Å². The van der Waals surface area contributed by atoms with Gasteiger partial charge in [-0.15, -0.1) is 0 Å². The lowest BCUT2D eigenvalue weighted by atomic mass is 9.86. The molecule has 2 rings (SSSR count). The minimum absolute atomic E-state index is 0.0319. The molecule has 0 unspecified atom stereocenters. The summed E-state index contributed by atoms with van der Waals surface area (Å²) < 4.78 is 5.43. The molecule has 0 radical (unpaired) electrons. The van der Waals surface area contributed by atoms with Crippen molar-refractivity contribution in [3.05, 3.63) is 35.9 Å². The SMILES string of the molecule is O=C(COCCc1ccccc1)NC1CCC(CO)CC1. The molecule has 1 fully saturated rings. The van der Waals surface area contributed by atoms with E-state index in [2.05, 4.69) is 17.4 Å². The predicted molar refractivity (Wildman–Crippen MR) is 81.9 cm³/mol. The largest absolute Gasteiger partial charge is 0.396 e. The van der Waals surface area contributed by atoms with Crippen LogP contribution in [0, 0.1) is 5.92 Å². The van der Waals surface area contributed by atoms with E-state index in [9.17, 15) is 4.79 Å². The summed E-state index contributed by atoms with van der Waals surface area (Å²) in [6.45, 7) is 0.963. The zero-order chi connectivity index (χ0) is 14.9. The van der Waals surface area contributed by atoms with Crippen LogP contribution in [0.2, 0.25) is 0 Å². The number of nitrogens with one attached hydrogen (secondary N) is 1. The molecule has 1 aliphatic carbocycles. The number of benzene rings is 1. The zero-order valence-electron chi connectivity index (χ0n) is 12.5. The van der Waals surface area contributed by atoms with E-state index < -0.39 is 0 Å². The number of hydrogen-bond acceptors (Lipinski definition) is 3. The molecule has 4 heteroatoms. The maximum atomic E-state index is 11.8. The van der Waals surface area contributed by atoms with Gasteiger partial charge in [-0.1, -0.05) is 30.3 Å². The van der Waals surface area contributed by atoms with Crippen LogP contribution in [0.3, 0.4) is 0 Å². The molecule has 1 aromatic rings. The van der Waals surface area contributed by atoms with Gasteiger partial charge >= 0.3 is 0 Å². The molecule has 21 heavy (non-hydrogen) atoms. The molecule has 2 N–H and O–H groups in total. The average molecular weight is 291 g/mol. The second kappa shape index (κ2) is 8.80. The van der Waals surface area contributed by atoms with Gasteiger partial charge in [-0.2, -0.15) is 0 Å². The highest BCUT2D eigenvalue weighted by Gasteiger charge is 2.21. The lowest BCUT2D eigenvalue weighted by Crippen LogP contribution is -2.40. The number of amides is 1. The van der Waals surface area contributed by atoms with Crippen molar-refractivity contribution in [3.63, 3.8) is 0 Å². The van der Waals surface area contributed by atoms with Crippen LogP contribution in [0.5, 0.6) is 0 Å². The first kappa shape index (κ1) is 16.0. The summed E-state index contributed by atoms with van der Waals surface area (Å²) >= 11 is 0. The van der Waals surface area contributed by atoms with Crippen molar-refractivity contribution in [3.8, 4) is 0 Å². The van der Waals surface area contributed by atoms with Crippen LogP contribution in [-0.4, -0.2) is 36.9 Å². The molecule has 4 nitrogen and oxygen atoms in total. The van der Waals surface area contributed by atoms with E-state index in [1.165, 1.54) is 5.56 Å². The fraction of sp³-hybridized carbons (Fsp3) is 0.588. The van der Waals surface area contributed by atoms with Gasteiger partial charge in [0.05, 0.1) is 6.61 Å². The van der Waals surface area contributed by atoms with E-state index in [0.717, 1.165) is 32.1 Å². The number of ether oxygens (including phenoxy) is 1. The van der Waals surface area contributed by atoms with E-state index in [-0.39, 0.29) is 25.2 Å². The molecule has 1 amide bonds. The summed E-state index contributed by atoms with van der Waals surface area (Å²) in [5.41, 5.74) is 1.22. The van der Waals surface area contributed by atoms with Crippen LogP contribution < -0.4 is 5.32 Å². The highest BCUT2D eigenvalue weighted by Crippen LogP contribution is 2.23. The van der Waals surface area contributed by atoms with Crippen molar-refractivity contribution in [1.29, 1.82) is 0 Å². The van der Waals surface area contributed by atoms with Crippen LogP contribution in [0.15, 0.2) is 30.3 Å². The molecular weight excluding hydrogens is 266 g/mol. The van der Waals surface area contributed by atoms with Crippen molar-refractivity contribution in [1.82, 2.24) is 5.32 Å². The van der Waals surface area contributed by atoms with E-state index in [0.29, 0.717) is 12.5 Å². The molecule has 1 aromatic carbocycles. The zero-order valence-corrected chi connectivity index (χ0v) is 12.5. The Balaban J connectivity index is 1.56. The fourth-order valence-corrected chi connectivity index (χ4v) is 2.76. The topological polar surface area (TPSA) is 58.6 Å². The molecular formula is C17H25NO3. The van der Waals surface area contributed by atoms with E-state index in [1.807, 2.05) is 18.2 Å². The molecule has 0 atom stereocenters. The van der Waals surface area contributed by atoms with Gasteiger partial charge in [-0.3, -0.25) is 4.79 Å². The summed E-state index contributed by atoms with van der Waals surface area (Å²) in [7, 11) is 0. The number of hydrogen-bond donors (Lipinski definition) is 2.